The van der Waals surface area contributed by atoms with E-state index in [1.54, 1.807) is 6.07 Å². The van der Waals surface area contributed by atoms with Gasteiger partial charge in [-0.25, -0.2) is 0 Å². The molecule has 0 fully saturated rings. The summed E-state index contributed by atoms with van der Waals surface area (Å²) in [6.45, 7) is -1.69. The van der Waals surface area contributed by atoms with E-state index in [1.165, 1.54) is 20.3 Å². The number of carbonyl (C=O) groups excluding carboxylic acids is 1. The van der Waals surface area contributed by atoms with E-state index in [-0.39, 0.29) is 30.1 Å². The van der Waals surface area contributed by atoms with Crippen molar-refractivity contribution in [2.24, 2.45) is 0 Å². The van der Waals surface area contributed by atoms with Gasteiger partial charge in [-0.2, -0.15) is 13.2 Å². The highest BCUT2D eigenvalue weighted by molar-refractivity contribution is 9.10. The first-order valence-electron chi connectivity index (χ1n) is 5.87. The van der Waals surface area contributed by atoms with Gasteiger partial charge in [-0.15, -0.1) is 0 Å². The Balaban J connectivity index is 2.74. The molecule has 21 heavy (non-hydrogen) atoms. The van der Waals surface area contributed by atoms with Crippen LogP contribution in [0.1, 0.15) is 16.8 Å². The second kappa shape index (κ2) is 7.65. The molecule has 1 aromatic rings. The van der Waals surface area contributed by atoms with Crippen molar-refractivity contribution in [3.8, 4) is 11.5 Å². The van der Waals surface area contributed by atoms with Crippen molar-refractivity contribution in [1.29, 1.82) is 0 Å². The van der Waals surface area contributed by atoms with Crippen LogP contribution >= 0.6 is 15.9 Å². The van der Waals surface area contributed by atoms with Gasteiger partial charge in [0.25, 0.3) is 0 Å². The number of benzene rings is 1. The maximum Gasteiger partial charge on any atom is 0.411 e. The van der Waals surface area contributed by atoms with Crippen LogP contribution in [0.4, 0.5) is 13.2 Å². The van der Waals surface area contributed by atoms with E-state index in [2.05, 4.69) is 20.7 Å². The normalized spacial score (nSPS) is 11.3. The number of hydrogen-bond acceptors (Lipinski definition) is 4. The van der Waals surface area contributed by atoms with Crippen LogP contribution in [-0.4, -0.2) is 39.4 Å². The van der Waals surface area contributed by atoms with Crippen molar-refractivity contribution < 1.29 is 32.2 Å². The molecule has 0 aliphatic carbocycles. The number of Topliss-reactive ketones (excluding diaryl/α,β-unsaturated/α-hetero) is 1. The third-order valence-electron chi connectivity index (χ3n) is 2.50. The van der Waals surface area contributed by atoms with Crippen molar-refractivity contribution >= 4 is 21.7 Å². The molecule has 0 radical (unpaired) electrons. The van der Waals surface area contributed by atoms with Gasteiger partial charge >= 0.3 is 6.18 Å². The van der Waals surface area contributed by atoms with Gasteiger partial charge in [-0.05, 0) is 22.0 Å². The zero-order valence-corrected chi connectivity index (χ0v) is 13.0. The fourth-order valence-electron chi connectivity index (χ4n) is 1.59. The van der Waals surface area contributed by atoms with E-state index in [1.807, 2.05) is 0 Å². The lowest BCUT2D eigenvalue weighted by atomic mass is 10.1. The third-order valence-corrected chi connectivity index (χ3v) is 3.13. The molecule has 0 bridgehead atoms. The van der Waals surface area contributed by atoms with Crippen LogP contribution in [0.3, 0.4) is 0 Å². The molecular weight excluding hydrogens is 357 g/mol. The summed E-state index contributed by atoms with van der Waals surface area (Å²) in [6, 6.07) is 3.10. The maximum absolute atomic E-state index is 12.1. The molecule has 0 aliphatic rings. The SMILES string of the molecule is COc1cc(Br)c(C(=O)CCOCC(F)(F)F)c(OC)c1. The fraction of sp³-hybridized carbons (Fsp3) is 0.462. The molecule has 0 saturated heterocycles. The molecule has 0 aromatic heterocycles. The molecule has 1 rings (SSSR count). The van der Waals surface area contributed by atoms with Gasteiger partial charge in [0.1, 0.15) is 18.1 Å². The Kier molecular flexibility index (Phi) is 6.47. The standard InChI is InChI=1S/C13H14BrF3O4/c1-19-8-5-9(14)12(11(6-8)20-2)10(18)3-4-21-7-13(15,16)17/h5-6H,3-4,7H2,1-2H3. The lowest BCUT2D eigenvalue weighted by molar-refractivity contribution is -0.173. The van der Waals surface area contributed by atoms with Crippen LogP contribution in [-0.2, 0) is 4.74 Å². The van der Waals surface area contributed by atoms with Crippen LogP contribution < -0.4 is 9.47 Å². The molecule has 0 amide bonds. The van der Waals surface area contributed by atoms with Crippen LogP contribution in [0.25, 0.3) is 0 Å². The summed E-state index contributed by atoms with van der Waals surface area (Å²) >= 11 is 3.22. The average Bonchev–Trinajstić information content (AvgIpc) is 2.41. The third kappa shape index (κ3) is 5.55. The first-order chi connectivity index (χ1) is 9.78. The van der Waals surface area contributed by atoms with Crippen molar-refractivity contribution in [3.05, 3.63) is 22.2 Å². The highest BCUT2D eigenvalue weighted by Crippen LogP contribution is 2.33. The zero-order valence-electron chi connectivity index (χ0n) is 11.4. The largest absolute Gasteiger partial charge is 0.497 e. The van der Waals surface area contributed by atoms with Crippen molar-refractivity contribution in [2.45, 2.75) is 12.6 Å². The number of methoxy groups -OCH3 is 2. The van der Waals surface area contributed by atoms with Gasteiger partial charge < -0.3 is 14.2 Å². The lowest BCUT2D eigenvalue weighted by Gasteiger charge is -2.12. The Morgan fingerprint density at radius 2 is 1.90 bits per heavy atom. The zero-order chi connectivity index (χ0) is 16.0. The first-order valence-corrected chi connectivity index (χ1v) is 6.67. The van der Waals surface area contributed by atoms with Crippen LogP contribution in [0.5, 0.6) is 11.5 Å². The summed E-state index contributed by atoms with van der Waals surface area (Å²) in [5.74, 6) is 0.384. The van der Waals surface area contributed by atoms with Crippen molar-refractivity contribution in [3.63, 3.8) is 0 Å². The molecule has 4 nitrogen and oxygen atoms in total. The van der Waals surface area contributed by atoms with E-state index >= 15 is 0 Å². The summed E-state index contributed by atoms with van der Waals surface area (Å²) in [6.07, 6.45) is -4.58. The molecule has 0 atom stereocenters. The van der Waals surface area contributed by atoms with Gasteiger partial charge in [0.05, 0.1) is 26.4 Å². The minimum Gasteiger partial charge on any atom is -0.497 e. The molecule has 0 saturated carbocycles. The summed E-state index contributed by atoms with van der Waals surface area (Å²) < 4.78 is 50.8. The number of ether oxygens (including phenoxy) is 3. The molecule has 118 valence electrons. The molecule has 8 heteroatoms. The van der Waals surface area contributed by atoms with Gasteiger partial charge in [0.15, 0.2) is 5.78 Å². The second-order valence-electron chi connectivity index (χ2n) is 4.03. The fourth-order valence-corrected chi connectivity index (χ4v) is 2.23. The van der Waals surface area contributed by atoms with Crippen LogP contribution in [0.2, 0.25) is 0 Å². The Hall–Kier alpha value is -1.28. The van der Waals surface area contributed by atoms with Crippen molar-refractivity contribution in [1.82, 2.24) is 0 Å². The highest BCUT2D eigenvalue weighted by Gasteiger charge is 2.27. The molecule has 0 heterocycles. The van der Waals surface area contributed by atoms with Crippen LogP contribution in [0.15, 0.2) is 16.6 Å². The Morgan fingerprint density at radius 3 is 2.43 bits per heavy atom. The summed E-state index contributed by atoms with van der Waals surface area (Å²) in [5.41, 5.74) is 0.244. The molecular formula is C13H14BrF3O4. The topological polar surface area (TPSA) is 44.8 Å². The number of alkyl halides is 3. The summed E-state index contributed by atoms with van der Waals surface area (Å²) in [4.78, 5) is 12.1. The van der Waals surface area contributed by atoms with Crippen molar-refractivity contribution in [2.75, 3.05) is 27.4 Å². The van der Waals surface area contributed by atoms with Gasteiger partial charge in [0, 0.05) is 17.0 Å². The number of rotatable bonds is 7. The molecule has 0 N–H and O–H groups in total. The van der Waals surface area contributed by atoms with E-state index in [0.717, 1.165) is 0 Å². The lowest BCUT2D eigenvalue weighted by Crippen LogP contribution is -2.18. The first kappa shape index (κ1) is 17.8. The minimum absolute atomic E-state index is 0.183. The number of hydrogen-bond donors (Lipinski definition) is 0. The van der Waals surface area contributed by atoms with Gasteiger partial charge in [0.2, 0.25) is 0 Å². The Morgan fingerprint density at radius 1 is 1.24 bits per heavy atom. The second-order valence-corrected chi connectivity index (χ2v) is 4.88. The molecule has 0 aliphatic heterocycles. The molecule has 0 unspecified atom stereocenters. The van der Waals surface area contributed by atoms with Gasteiger partial charge in [-0.1, -0.05) is 0 Å². The average molecular weight is 371 g/mol. The minimum atomic E-state index is -4.40. The van der Waals surface area contributed by atoms with Crippen LogP contribution in [0, 0.1) is 0 Å². The number of carbonyl (C=O) groups is 1. The number of ketones is 1. The Bertz CT molecular complexity index is 503. The molecule has 1 aromatic carbocycles. The van der Waals surface area contributed by atoms with Gasteiger partial charge in [-0.3, -0.25) is 4.79 Å². The summed E-state index contributed by atoms with van der Waals surface area (Å²) in [5, 5.41) is 0. The maximum atomic E-state index is 12.1. The van der Waals surface area contributed by atoms with E-state index < -0.39 is 12.8 Å². The monoisotopic (exact) mass is 370 g/mol. The summed E-state index contributed by atoms with van der Waals surface area (Å²) in [7, 11) is 2.85. The quantitative estimate of drug-likeness (QED) is 0.543. The Labute approximate surface area is 128 Å². The van der Waals surface area contributed by atoms with E-state index in [4.69, 9.17) is 9.47 Å². The highest BCUT2D eigenvalue weighted by atomic mass is 79.9. The van der Waals surface area contributed by atoms with E-state index in [9.17, 15) is 18.0 Å². The molecule has 0 spiro atoms. The predicted octanol–water partition coefficient (Wildman–Crippen LogP) is 3.62. The van der Waals surface area contributed by atoms with E-state index in [0.29, 0.717) is 10.2 Å². The predicted molar refractivity (Wildman–Crippen MR) is 73.1 cm³/mol. The smallest absolute Gasteiger partial charge is 0.411 e. The number of halogens is 4.